The second kappa shape index (κ2) is 6.57. The Labute approximate surface area is 118 Å². The van der Waals surface area contributed by atoms with Gasteiger partial charge < -0.3 is 9.84 Å². The largest absolute Gasteiger partial charge is 0.508 e. The van der Waals surface area contributed by atoms with Gasteiger partial charge in [0.05, 0.1) is 6.61 Å². The second-order valence-corrected chi connectivity index (χ2v) is 4.25. The van der Waals surface area contributed by atoms with Gasteiger partial charge in [0.2, 0.25) is 0 Å². The molecule has 2 aromatic rings. The van der Waals surface area contributed by atoms with E-state index in [1.807, 2.05) is 13.0 Å². The molecule has 0 spiro atoms. The van der Waals surface area contributed by atoms with E-state index in [0.717, 1.165) is 11.3 Å². The summed E-state index contributed by atoms with van der Waals surface area (Å²) in [6.45, 7) is 2.52. The Kier molecular flexibility index (Phi) is 4.56. The molecule has 0 amide bonds. The van der Waals surface area contributed by atoms with Crippen LogP contribution >= 0.6 is 0 Å². The molecule has 0 unspecified atom stereocenters. The molecule has 0 aliphatic carbocycles. The van der Waals surface area contributed by atoms with Crippen LogP contribution in [0.5, 0.6) is 11.5 Å². The number of phenols is 1. The summed E-state index contributed by atoms with van der Waals surface area (Å²) in [4.78, 5) is 12.0. The van der Waals surface area contributed by atoms with Crippen molar-refractivity contribution in [2.24, 2.45) is 0 Å². The first-order chi connectivity index (χ1) is 9.69. The van der Waals surface area contributed by atoms with E-state index in [-0.39, 0.29) is 11.5 Å². The van der Waals surface area contributed by atoms with Crippen LogP contribution in [0.1, 0.15) is 22.8 Å². The molecule has 102 valence electrons. The fourth-order valence-electron chi connectivity index (χ4n) is 1.78. The molecule has 0 heterocycles. The van der Waals surface area contributed by atoms with Crippen molar-refractivity contribution >= 4 is 11.9 Å². The SMILES string of the molecule is CCOc1ccc(C(=O)C=Cc2cccc(O)c2)cc1. The monoisotopic (exact) mass is 268 g/mol. The molecule has 0 saturated heterocycles. The number of hydrogen-bond donors (Lipinski definition) is 1. The second-order valence-electron chi connectivity index (χ2n) is 4.25. The minimum absolute atomic E-state index is 0.0867. The number of allylic oxidation sites excluding steroid dienone is 1. The molecule has 0 aromatic heterocycles. The topological polar surface area (TPSA) is 46.5 Å². The standard InChI is InChI=1S/C17H16O3/c1-2-20-16-9-7-14(8-10-16)17(19)11-6-13-4-3-5-15(18)12-13/h3-12,18H,2H2,1H3. The Morgan fingerprint density at radius 2 is 1.95 bits per heavy atom. The molecule has 2 aromatic carbocycles. The number of hydrogen-bond acceptors (Lipinski definition) is 3. The zero-order valence-electron chi connectivity index (χ0n) is 11.2. The highest BCUT2D eigenvalue weighted by molar-refractivity contribution is 6.06. The molecule has 2 rings (SSSR count). The Bertz CT molecular complexity index is 612. The molecular weight excluding hydrogens is 252 g/mol. The van der Waals surface area contributed by atoms with Crippen LogP contribution in [0.15, 0.2) is 54.6 Å². The number of ketones is 1. The van der Waals surface area contributed by atoms with Gasteiger partial charge in [-0.05, 0) is 55.0 Å². The average molecular weight is 268 g/mol. The summed E-state index contributed by atoms with van der Waals surface area (Å²) in [6, 6.07) is 13.8. The summed E-state index contributed by atoms with van der Waals surface area (Å²) in [5, 5.41) is 9.34. The van der Waals surface area contributed by atoms with Gasteiger partial charge in [0.15, 0.2) is 5.78 Å². The summed E-state index contributed by atoms with van der Waals surface area (Å²) >= 11 is 0. The molecule has 3 nitrogen and oxygen atoms in total. The fourth-order valence-corrected chi connectivity index (χ4v) is 1.78. The van der Waals surface area contributed by atoms with E-state index in [9.17, 15) is 9.90 Å². The van der Waals surface area contributed by atoms with Gasteiger partial charge in [-0.3, -0.25) is 4.79 Å². The highest BCUT2D eigenvalue weighted by Gasteiger charge is 2.02. The Balaban J connectivity index is 2.07. The van der Waals surface area contributed by atoms with Gasteiger partial charge in [0.25, 0.3) is 0 Å². The van der Waals surface area contributed by atoms with Crippen molar-refractivity contribution in [1.82, 2.24) is 0 Å². The number of carbonyl (C=O) groups is 1. The maximum atomic E-state index is 12.0. The number of rotatable bonds is 5. The highest BCUT2D eigenvalue weighted by atomic mass is 16.5. The number of carbonyl (C=O) groups excluding carboxylic acids is 1. The molecule has 0 fully saturated rings. The lowest BCUT2D eigenvalue weighted by Gasteiger charge is -2.02. The molecular formula is C17H16O3. The summed E-state index contributed by atoms with van der Waals surface area (Å²) in [6.07, 6.45) is 3.17. The number of benzene rings is 2. The first-order valence-corrected chi connectivity index (χ1v) is 6.43. The lowest BCUT2D eigenvalue weighted by Crippen LogP contribution is -1.95. The van der Waals surface area contributed by atoms with Gasteiger partial charge in [0.1, 0.15) is 11.5 Å². The highest BCUT2D eigenvalue weighted by Crippen LogP contribution is 2.15. The van der Waals surface area contributed by atoms with Crippen molar-refractivity contribution in [1.29, 1.82) is 0 Å². The molecule has 0 saturated carbocycles. The van der Waals surface area contributed by atoms with Crippen molar-refractivity contribution in [2.75, 3.05) is 6.61 Å². The molecule has 0 atom stereocenters. The minimum Gasteiger partial charge on any atom is -0.508 e. The lowest BCUT2D eigenvalue weighted by molar-refractivity contribution is 0.104. The maximum absolute atomic E-state index is 12.0. The molecule has 0 aliphatic rings. The Hall–Kier alpha value is -2.55. The lowest BCUT2D eigenvalue weighted by atomic mass is 10.1. The zero-order valence-corrected chi connectivity index (χ0v) is 11.2. The normalized spacial score (nSPS) is 10.7. The van der Waals surface area contributed by atoms with E-state index >= 15 is 0 Å². The third kappa shape index (κ3) is 3.72. The van der Waals surface area contributed by atoms with Crippen LogP contribution in [-0.4, -0.2) is 17.5 Å². The predicted molar refractivity (Wildman–Crippen MR) is 79.1 cm³/mol. The molecule has 3 heteroatoms. The van der Waals surface area contributed by atoms with Crippen molar-refractivity contribution in [2.45, 2.75) is 6.92 Å². The third-order valence-electron chi connectivity index (χ3n) is 2.75. The van der Waals surface area contributed by atoms with Gasteiger partial charge in [0, 0.05) is 5.56 Å². The van der Waals surface area contributed by atoms with Crippen LogP contribution in [0.2, 0.25) is 0 Å². The van der Waals surface area contributed by atoms with E-state index in [2.05, 4.69) is 0 Å². The average Bonchev–Trinajstić information content (AvgIpc) is 2.46. The molecule has 0 radical (unpaired) electrons. The van der Waals surface area contributed by atoms with E-state index in [4.69, 9.17) is 4.74 Å². The van der Waals surface area contributed by atoms with Crippen LogP contribution in [0.3, 0.4) is 0 Å². The van der Waals surface area contributed by atoms with Gasteiger partial charge in [-0.15, -0.1) is 0 Å². The van der Waals surface area contributed by atoms with Crippen molar-refractivity contribution in [3.05, 3.63) is 65.7 Å². The first kappa shape index (κ1) is 13.9. The number of phenolic OH excluding ortho intramolecular Hbond substituents is 1. The fraction of sp³-hybridized carbons (Fsp3) is 0.118. The third-order valence-corrected chi connectivity index (χ3v) is 2.75. The van der Waals surface area contributed by atoms with E-state index in [1.165, 1.54) is 6.08 Å². The van der Waals surface area contributed by atoms with E-state index in [0.29, 0.717) is 12.2 Å². The quantitative estimate of drug-likeness (QED) is 0.664. The molecule has 0 bridgehead atoms. The molecule has 0 aliphatic heterocycles. The van der Waals surface area contributed by atoms with Crippen molar-refractivity contribution < 1.29 is 14.6 Å². The summed E-state index contributed by atoms with van der Waals surface area (Å²) in [7, 11) is 0. The first-order valence-electron chi connectivity index (χ1n) is 6.43. The van der Waals surface area contributed by atoms with E-state index in [1.54, 1.807) is 48.5 Å². The van der Waals surface area contributed by atoms with E-state index < -0.39 is 0 Å². The van der Waals surface area contributed by atoms with Crippen LogP contribution in [0.4, 0.5) is 0 Å². The summed E-state index contributed by atoms with van der Waals surface area (Å²) < 4.78 is 5.33. The van der Waals surface area contributed by atoms with Gasteiger partial charge in [-0.25, -0.2) is 0 Å². The van der Waals surface area contributed by atoms with Gasteiger partial charge in [-0.2, -0.15) is 0 Å². The number of aromatic hydroxyl groups is 1. The Morgan fingerprint density at radius 1 is 1.20 bits per heavy atom. The van der Waals surface area contributed by atoms with Gasteiger partial charge in [-0.1, -0.05) is 18.2 Å². The maximum Gasteiger partial charge on any atom is 0.185 e. The van der Waals surface area contributed by atoms with Crippen LogP contribution in [0, 0.1) is 0 Å². The van der Waals surface area contributed by atoms with Gasteiger partial charge >= 0.3 is 0 Å². The summed E-state index contributed by atoms with van der Waals surface area (Å²) in [5.41, 5.74) is 1.38. The van der Waals surface area contributed by atoms with Crippen molar-refractivity contribution in [3.8, 4) is 11.5 Å². The van der Waals surface area contributed by atoms with Crippen molar-refractivity contribution in [3.63, 3.8) is 0 Å². The Morgan fingerprint density at radius 3 is 2.60 bits per heavy atom. The zero-order chi connectivity index (χ0) is 14.4. The van der Waals surface area contributed by atoms with Crippen LogP contribution in [0.25, 0.3) is 6.08 Å². The molecule has 1 N–H and O–H groups in total. The van der Waals surface area contributed by atoms with Crippen LogP contribution in [-0.2, 0) is 0 Å². The smallest absolute Gasteiger partial charge is 0.185 e. The summed E-state index contributed by atoms with van der Waals surface area (Å²) in [5.74, 6) is 0.845. The minimum atomic E-state index is -0.0867. The predicted octanol–water partition coefficient (Wildman–Crippen LogP) is 3.69. The molecule has 20 heavy (non-hydrogen) atoms. The number of ether oxygens (including phenoxy) is 1. The van der Waals surface area contributed by atoms with Crippen LogP contribution < -0.4 is 4.74 Å².